The lowest BCUT2D eigenvalue weighted by atomic mass is 10.2. The number of pyridine rings is 1. The predicted molar refractivity (Wildman–Crippen MR) is 80.1 cm³/mol. The minimum Gasteiger partial charge on any atom is -0.380 e. The smallest absolute Gasteiger partial charge is 0.153 e. The molecule has 2 heterocycles. The lowest BCUT2D eigenvalue weighted by Crippen LogP contribution is -2.02. The fourth-order valence-corrected chi connectivity index (χ4v) is 2.07. The Hall–Kier alpha value is -2.33. The molecule has 0 unspecified atom stereocenters. The second-order valence-electron chi connectivity index (χ2n) is 4.30. The number of anilines is 1. The van der Waals surface area contributed by atoms with Crippen molar-refractivity contribution in [1.82, 2.24) is 14.8 Å². The van der Waals surface area contributed by atoms with E-state index in [0.717, 1.165) is 22.1 Å². The monoisotopic (exact) mass is 284 g/mol. The van der Waals surface area contributed by atoms with Crippen LogP contribution in [0.4, 0.5) is 5.69 Å². The molecular formula is C15H13ClN4. The van der Waals surface area contributed by atoms with Crippen LogP contribution in [0.15, 0.2) is 61.1 Å². The van der Waals surface area contributed by atoms with Crippen LogP contribution in [0.5, 0.6) is 0 Å². The van der Waals surface area contributed by atoms with E-state index in [1.165, 1.54) is 0 Å². The molecule has 0 saturated heterocycles. The van der Waals surface area contributed by atoms with E-state index in [-0.39, 0.29) is 0 Å². The first kappa shape index (κ1) is 12.7. The molecule has 0 amide bonds. The van der Waals surface area contributed by atoms with Crippen molar-refractivity contribution in [3.63, 3.8) is 0 Å². The molecule has 5 heteroatoms. The molecule has 2 aromatic heterocycles. The van der Waals surface area contributed by atoms with Crippen LogP contribution in [0.3, 0.4) is 0 Å². The van der Waals surface area contributed by atoms with Crippen LogP contribution in [-0.2, 0) is 6.54 Å². The van der Waals surface area contributed by atoms with Crippen molar-refractivity contribution < 1.29 is 0 Å². The molecule has 0 radical (unpaired) electrons. The highest BCUT2D eigenvalue weighted by Crippen LogP contribution is 2.17. The molecule has 1 aromatic carbocycles. The number of benzene rings is 1. The molecular weight excluding hydrogens is 272 g/mol. The van der Waals surface area contributed by atoms with Gasteiger partial charge in [0.1, 0.15) is 0 Å². The number of hydrogen-bond acceptors (Lipinski definition) is 3. The summed E-state index contributed by atoms with van der Waals surface area (Å²) in [5, 5.41) is 8.20. The van der Waals surface area contributed by atoms with Crippen molar-refractivity contribution in [3.05, 3.63) is 71.6 Å². The topological polar surface area (TPSA) is 42.7 Å². The van der Waals surface area contributed by atoms with E-state index in [2.05, 4.69) is 15.4 Å². The summed E-state index contributed by atoms with van der Waals surface area (Å²) in [6, 6.07) is 13.5. The second kappa shape index (κ2) is 5.75. The van der Waals surface area contributed by atoms with Crippen LogP contribution in [0.1, 0.15) is 5.56 Å². The molecule has 1 N–H and O–H groups in total. The van der Waals surface area contributed by atoms with Gasteiger partial charge in [-0.05, 0) is 29.8 Å². The number of halogens is 1. The first-order valence-corrected chi connectivity index (χ1v) is 6.64. The Morgan fingerprint density at radius 2 is 2.00 bits per heavy atom. The van der Waals surface area contributed by atoms with Gasteiger partial charge in [-0.2, -0.15) is 5.10 Å². The standard InChI is InChI=1S/C15H13ClN4/c16-14-5-2-1-4-12(14)10-17-13-6-7-15(18-11-13)20-9-3-8-19-20/h1-9,11,17H,10H2. The molecule has 0 spiro atoms. The minimum absolute atomic E-state index is 0.669. The largest absolute Gasteiger partial charge is 0.380 e. The average molecular weight is 285 g/mol. The van der Waals surface area contributed by atoms with Crippen LogP contribution in [0.25, 0.3) is 5.82 Å². The SMILES string of the molecule is Clc1ccccc1CNc1ccc(-n2cccn2)nc1. The fourth-order valence-electron chi connectivity index (χ4n) is 1.87. The van der Waals surface area contributed by atoms with E-state index < -0.39 is 0 Å². The Balaban J connectivity index is 1.68. The summed E-state index contributed by atoms with van der Waals surface area (Å²) in [5.41, 5.74) is 2.01. The third kappa shape index (κ3) is 2.81. The Bertz CT molecular complexity index is 677. The zero-order valence-electron chi connectivity index (χ0n) is 10.7. The molecule has 0 atom stereocenters. The van der Waals surface area contributed by atoms with Gasteiger partial charge >= 0.3 is 0 Å². The van der Waals surface area contributed by atoms with Crippen molar-refractivity contribution in [2.75, 3.05) is 5.32 Å². The van der Waals surface area contributed by atoms with E-state index >= 15 is 0 Å². The lowest BCUT2D eigenvalue weighted by Gasteiger charge is -2.08. The lowest BCUT2D eigenvalue weighted by molar-refractivity contribution is 0.847. The number of hydrogen-bond donors (Lipinski definition) is 1. The molecule has 0 saturated carbocycles. The summed E-state index contributed by atoms with van der Waals surface area (Å²) in [5.74, 6) is 0.790. The summed E-state index contributed by atoms with van der Waals surface area (Å²) >= 11 is 6.12. The molecule has 4 nitrogen and oxygen atoms in total. The summed E-state index contributed by atoms with van der Waals surface area (Å²) in [4.78, 5) is 4.36. The molecule has 3 rings (SSSR count). The van der Waals surface area contributed by atoms with Crippen molar-refractivity contribution in [2.45, 2.75) is 6.54 Å². The molecule has 0 bridgehead atoms. The number of aromatic nitrogens is 3. The van der Waals surface area contributed by atoms with Gasteiger partial charge in [-0.15, -0.1) is 0 Å². The highest BCUT2D eigenvalue weighted by molar-refractivity contribution is 6.31. The maximum atomic E-state index is 6.12. The fraction of sp³-hybridized carbons (Fsp3) is 0.0667. The van der Waals surface area contributed by atoms with E-state index in [1.807, 2.05) is 48.7 Å². The van der Waals surface area contributed by atoms with Gasteiger partial charge in [-0.3, -0.25) is 0 Å². The number of nitrogens with one attached hydrogen (secondary N) is 1. The highest BCUT2D eigenvalue weighted by Gasteiger charge is 2.00. The van der Waals surface area contributed by atoms with Crippen LogP contribution >= 0.6 is 11.6 Å². The second-order valence-corrected chi connectivity index (χ2v) is 4.71. The van der Waals surface area contributed by atoms with Gasteiger partial charge in [-0.25, -0.2) is 9.67 Å². The average Bonchev–Trinajstić information content (AvgIpc) is 3.01. The summed E-state index contributed by atoms with van der Waals surface area (Å²) < 4.78 is 1.72. The molecule has 3 aromatic rings. The number of rotatable bonds is 4. The summed E-state index contributed by atoms with van der Waals surface area (Å²) in [6.07, 6.45) is 5.37. The Morgan fingerprint density at radius 3 is 2.70 bits per heavy atom. The molecule has 0 aliphatic carbocycles. The number of nitrogens with zero attached hydrogens (tertiary/aromatic N) is 3. The first-order chi connectivity index (χ1) is 9.83. The van der Waals surface area contributed by atoms with Gasteiger partial charge in [0.25, 0.3) is 0 Å². The molecule has 100 valence electrons. The van der Waals surface area contributed by atoms with Gasteiger partial charge in [0, 0.05) is 24.0 Å². The summed E-state index contributed by atoms with van der Waals surface area (Å²) in [6.45, 7) is 0.669. The van der Waals surface area contributed by atoms with E-state index in [0.29, 0.717) is 6.54 Å². The minimum atomic E-state index is 0.669. The van der Waals surface area contributed by atoms with Crippen LogP contribution in [-0.4, -0.2) is 14.8 Å². The zero-order chi connectivity index (χ0) is 13.8. The molecule has 0 fully saturated rings. The predicted octanol–water partition coefficient (Wildman–Crippen LogP) is 3.53. The molecule has 20 heavy (non-hydrogen) atoms. The van der Waals surface area contributed by atoms with Crippen molar-refractivity contribution in [1.29, 1.82) is 0 Å². The van der Waals surface area contributed by atoms with Crippen molar-refractivity contribution >= 4 is 17.3 Å². The Morgan fingerprint density at radius 1 is 1.10 bits per heavy atom. The van der Waals surface area contributed by atoms with Crippen LogP contribution < -0.4 is 5.32 Å². The maximum Gasteiger partial charge on any atom is 0.153 e. The maximum absolute atomic E-state index is 6.12. The van der Waals surface area contributed by atoms with Gasteiger partial charge in [0.05, 0.1) is 11.9 Å². The molecule has 0 aliphatic rings. The van der Waals surface area contributed by atoms with Gasteiger partial charge < -0.3 is 5.32 Å². The Labute approximate surface area is 122 Å². The van der Waals surface area contributed by atoms with Crippen LogP contribution in [0.2, 0.25) is 5.02 Å². The first-order valence-electron chi connectivity index (χ1n) is 6.26. The Kier molecular flexibility index (Phi) is 3.65. The normalized spacial score (nSPS) is 10.4. The van der Waals surface area contributed by atoms with E-state index in [9.17, 15) is 0 Å². The quantitative estimate of drug-likeness (QED) is 0.797. The van der Waals surface area contributed by atoms with Crippen molar-refractivity contribution in [3.8, 4) is 5.82 Å². The van der Waals surface area contributed by atoms with Gasteiger partial charge in [0.2, 0.25) is 0 Å². The highest BCUT2D eigenvalue weighted by atomic mass is 35.5. The summed E-state index contributed by atoms with van der Waals surface area (Å²) in [7, 11) is 0. The third-order valence-electron chi connectivity index (χ3n) is 2.93. The molecule has 0 aliphatic heterocycles. The van der Waals surface area contributed by atoms with Crippen molar-refractivity contribution in [2.24, 2.45) is 0 Å². The zero-order valence-corrected chi connectivity index (χ0v) is 11.5. The van der Waals surface area contributed by atoms with E-state index in [1.54, 1.807) is 17.1 Å². The van der Waals surface area contributed by atoms with E-state index in [4.69, 9.17) is 11.6 Å². The van der Waals surface area contributed by atoms with Gasteiger partial charge in [-0.1, -0.05) is 29.8 Å². The van der Waals surface area contributed by atoms with Crippen LogP contribution in [0, 0.1) is 0 Å². The van der Waals surface area contributed by atoms with Gasteiger partial charge in [0.15, 0.2) is 5.82 Å². The third-order valence-corrected chi connectivity index (χ3v) is 3.30.